The number of anilines is 3. The van der Waals surface area contributed by atoms with Crippen molar-refractivity contribution in [2.75, 3.05) is 17.2 Å². The molecule has 0 atom stereocenters. The average Bonchev–Trinajstić information content (AvgIpc) is 2.55. The van der Waals surface area contributed by atoms with E-state index in [2.05, 4.69) is 25.6 Å². The molecule has 3 rings (SSSR count). The molecule has 122 valence electrons. The van der Waals surface area contributed by atoms with Crippen LogP contribution >= 0.6 is 0 Å². The Kier molecular flexibility index (Phi) is 4.19. The number of hydrogen-bond donors (Lipinski definition) is 2. The molecule has 0 bridgehead atoms. The second kappa shape index (κ2) is 6.45. The maximum absolute atomic E-state index is 11.4. The Morgan fingerprint density at radius 1 is 1.17 bits per heavy atom. The third-order valence-corrected chi connectivity index (χ3v) is 3.47. The molecule has 0 spiro atoms. The largest absolute Gasteiger partial charge is 0.364 e. The highest BCUT2D eigenvalue weighted by atomic mass is 16.6. The summed E-state index contributed by atoms with van der Waals surface area (Å²) < 4.78 is 0. The third kappa shape index (κ3) is 2.94. The minimum absolute atomic E-state index is 0.138. The van der Waals surface area contributed by atoms with Gasteiger partial charge in [-0.3, -0.25) is 15.1 Å². The number of aryl methyl sites for hydroxylation is 1. The van der Waals surface area contributed by atoms with E-state index in [4.69, 9.17) is 0 Å². The zero-order valence-corrected chi connectivity index (χ0v) is 13.3. The number of rotatable bonds is 5. The summed E-state index contributed by atoms with van der Waals surface area (Å²) in [6, 6.07) is 9.39. The number of nitrogens with one attached hydrogen (secondary N) is 2. The lowest BCUT2D eigenvalue weighted by Crippen LogP contribution is -2.07. The molecule has 8 nitrogen and oxygen atoms in total. The fourth-order valence-corrected chi connectivity index (χ4v) is 2.43. The van der Waals surface area contributed by atoms with Gasteiger partial charge in [-0.1, -0.05) is 6.07 Å². The highest BCUT2D eigenvalue weighted by Gasteiger charge is 2.23. The first-order valence-corrected chi connectivity index (χ1v) is 7.46. The molecule has 1 aromatic carbocycles. The van der Waals surface area contributed by atoms with Gasteiger partial charge in [0.25, 0.3) is 0 Å². The van der Waals surface area contributed by atoms with Gasteiger partial charge in [-0.25, -0.2) is 9.97 Å². The van der Waals surface area contributed by atoms with Gasteiger partial charge in [-0.15, -0.1) is 0 Å². The van der Waals surface area contributed by atoms with Crippen molar-refractivity contribution < 1.29 is 4.92 Å². The van der Waals surface area contributed by atoms with Crippen molar-refractivity contribution in [3.05, 3.63) is 52.5 Å². The molecule has 8 heteroatoms. The van der Waals surface area contributed by atoms with Crippen LogP contribution in [-0.4, -0.2) is 26.4 Å². The fourth-order valence-electron chi connectivity index (χ4n) is 2.43. The molecular formula is C16H16N6O2. The lowest BCUT2D eigenvalue weighted by atomic mass is 10.1. The van der Waals surface area contributed by atoms with E-state index in [-0.39, 0.29) is 17.3 Å². The van der Waals surface area contributed by atoms with E-state index in [9.17, 15) is 10.1 Å². The number of fused-ring (bicyclic) bond motifs is 1. The van der Waals surface area contributed by atoms with Crippen LogP contribution in [0, 0.1) is 17.0 Å². The van der Waals surface area contributed by atoms with E-state index < -0.39 is 4.92 Å². The van der Waals surface area contributed by atoms with E-state index in [0.29, 0.717) is 12.2 Å². The molecule has 3 aromatic rings. The normalized spacial score (nSPS) is 10.6. The SMILES string of the molecule is CCNc1ncnc(Nc2cccc3nc(C)ccc23)c1[N+](=O)[O-]. The summed E-state index contributed by atoms with van der Waals surface area (Å²) in [5.74, 6) is 0.327. The third-order valence-electron chi connectivity index (χ3n) is 3.47. The van der Waals surface area contributed by atoms with Crippen LogP contribution in [0.2, 0.25) is 0 Å². The van der Waals surface area contributed by atoms with Crippen molar-refractivity contribution in [3.63, 3.8) is 0 Å². The van der Waals surface area contributed by atoms with Crippen LogP contribution in [0.15, 0.2) is 36.7 Å². The summed E-state index contributed by atoms with van der Waals surface area (Å²) in [4.78, 5) is 23.4. The Morgan fingerprint density at radius 2 is 1.96 bits per heavy atom. The van der Waals surface area contributed by atoms with Crippen LogP contribution in [0.4, 0.5) is 23.0 Å². The van der Waals surface area contributed by atoms with Gasteiger partial charge in [0.05, 0.1) is 10.4 Å². The molecule has 24 heavy (non-hydrogen) atoms. The standard InChI is InChI=1S/C16H16N6O2/c1-3-17-15-14(22(23)24)16(19-9-18-15)21-13-6-4-5-12-11(13)8-7-10(2)20-12/h4-9H,3H2,1-2H3,(H2,17,18,19,21). The molecule has 2 aromatic heterocycles. The molecule has 2 N–H and O–H groups in total. The van der Waals surface area contributed by atoms with Crippen LogP contribution in [0.1, 0.15) is 12.6 Å². The molecule has 0 fully saturated rings. The first-order valence-electron chi connectivity index (χ1n) is 7.46. The molecule has 0 amide bonds. The number of hydrogen-bond acceptors (Lipinski definition) is 7. The lowest BCUT2D eigenvalue weighted by molar-refractivity contribution is -0.383. The van der Waals surface area contributed by atoms with Crippen LogP contribution in [0.5, 0.6) is 0 Å². The van der Waals surface area contributed by atoms with Gasteiger partial charge in [0.15, 0.2) is 0 Å². The summed E-state index contributed by atoms with van der Waals surface area (Å²) in [7, 11) is 0. The zero-order valence-electron chi connectivity index (χ0n) is 13.3. The second-order valence-electron chi connectivity index (χ2n) is 5.16. The van der Waals surface area contributed by atoms with Gasteiger partial charge in [-0.2, -0.15) is 0 Å². The number of aromatic nitrogens is 3. The summed E-state index contributed by atoms with van der Waals surface area (Å²) in [5.41, 5.74) is 2.23. The van der Waals surface area contributed by atoms with Gasteiger partial charge in [0.2, 0.25) is 11.6 Å². The highest BCUT2D eigenvalue weighted by molar-refractivity contribution is 5.94. The molecule has 0 aliphatic rings. The van der Waals surface area contributed by atoms with Gasteiger partial charge in [0, 0.05) is 23.3 Å². The number of nitro groups is 1. The predicted octanol–water partition coefficient (Wildman–Crippen LogP) is 3.42. The van der Waals surface area contributed by atoms with Crippen molar-refractivity contribution in [2.24, 2.45) is 0 Å². The molecule has 0 saturated heterocycles. The first kappa shape index (κ1) is 15.6. The summed E-state index contributed by atoms with van der Waals surface area (Å²) in [5, 5.41) is 18.2. The monoisotopic (exact) mass is 324 g/mol. The van der Waals surface area contributed by atoms with Gasteiger partial charge >= 0.3 is 5.69 Å². The van der Waals surface area contributed by atoms with E-state index in [1.807, 2.05) is 44.2 Å². The van der Waals surface area contributed by atoms with Crippen LogP contribution in [-0.2, 0) is 0 Å². The minimum Gasteiger partial charge on any atom is -0.364 e. The Labute approximate surface area is 138 Å². The molecule has 2 heterocycles. The van der Waals surface area contributed by atoms with E-state index in [1.165, 1.54) is 6.33 Å². The average molecular weight is 324 g/mol. The Morgan fingerprint density at radius 3 is 2.71 bits per heavy atom. The van der Waals surface area contributed by atoms with Gasteiger partial charge < -0.3 is 10.6 Å². The summed E-state index contributed by atoms with van der Waals surface area (Å²) in [6.45, 7) is 4.28. The number of pyridine rings is 1. The van der Waals surface area contributed by atoms with Crippen molar-refractivity contribution in [1.82, 2.24) is 15.0 Å². The quantitative estimate of drug-likeness (QED) is 0.547. The van der Waals surface area contributed by atoms with Crippen LogP contribution < -0.4 is 10.6 Å². The smallest absolute Gasteiger partial charge is 0.353 e. The minimum atomic E-state index is -0.492. The predicted molar refractivity (Wildman–Crippen MR) is 92.6 cm³/mol. The van der Waals surface area contributed by atoms with E-state index >= 15 is 0 Å². The summed E-state index contributed by atoms with van der Waals surface area (Å²) in [6.07, 6.45) is 1.29. The Hall–Kier alpha value is -3.29. The Bertz CT molecular complexity index is 912. The first-order chi connectivity index (χ1) is 11.6. The zero-order chi connectivity index (χ0) is 17.1. The van der Waals surface area contributed by atoms with Gasteiger partial charge in [0.1, 0.15) is 6.33 Å². The molecular weight excluding hydrogens is 308 g/mol. The topological polar surface area (TPSA) is 106 Å². The van der Waals surface area contributed by atoms with Crippen LogP contribution in [0.3, 0.4) is 0 Å². The Balaban J connectivity index is 2.09. The molecule has 0 aliphatic carbocycles. The van der Waals surface area contributed by atoms with E-state index in [0.717, 1.165) is 16.6 Å². The molecule has 0 saturated carbocycles. The van der Waals surface area contributed by atoms with Gasteiger partial charge in [-0.05, 0) is 38.1 Å². The molecule has 0 radical (unpaired) electrons. The fraction of sp³-hybridized carbons (Fsp3) is 0.188. The van der Waals surface area contributed by atoms with Crippen molar-refractivity contribution in [1.29, 1.82) is 0 Å². The van der Waals surface area contributed by atoms with Crippen molar-refractivity contribution >= 4 is 33.9 Å². The maximum Gasteiger partial charge on any atom is 0.353 e. The van der Waals surface area contributed by atoms with Crippen LogP contribution in [0.25, 0.3) is 10.9 Å². The second-order valence-corrected chi connectivity index (χ2v) is 5.16. The highest BCUT2D eigenvalue weighted by Crippen LogP contribution is 2.33. The number of nitrogens with zero attached hydrogens (tertiary/aromatic N) is 4. The molecule has 0 aliphatic heterocycles. The van der Waals surface area contributed by atoms with E-state index in [1.54, 1.807) is 0 Å². The lowest BCUT2D eigenvalue weighted by Gasteiger charge is -2.11. The summed E-state index contributed by atoms with van der Waals surface area (Å²) >= 11 is 0. The number of benzene rings is 1. The van der Waals surface area contributed by atoms with Crippen molar-refractivity contribution in [3.8, 4) is 0 Å². The maximum atomic E-state index is 11.4. The van der Waals surface area contributed by atoms with Crippen molar-refractivity contribution in [2.45, 2.75) is 13.8 Å². The molecule has 0 unspecified atom stereocenters.